The largest absolute Gasteiger partial charge is 0.480 e. The van der Waals surface area contributed by atoms with Crippen molar-refractivity contribution in [1.29, 1.82) is 0 Å². The normalized spacial score (nSPS) is 11.1. The number of hydrogen-bond donors (Lipinski definition) is 1. The molecule has 0 aliphatic carbocycles. The number of rotatable bonds is 8. The molecule has 0 radical (unpaired) electrons. The maximum absolute atomic E-state index is 12.9. The number of hydrogen-bond acceptors (Lipinski definition) is 7. The summed E-state index contributed by atoms with van der Waals surface area (Å²) >= 11 is 1.30. The second-order valence-corrected chi connectivity index (χ2v) is 8.71. The van der Waals surface area contributed by atoms with Crippen molar-refractivity contribution in [1.82, 2.24) is 20.2 Å². The number of methoxy groups -OCH3 is 2. The van der Waals surface area contributed by atoms with Gasteiger partial charge in [0.15, 0.2) is 5.82 Å². The van der Waals surface area contributed by atoms with Crippen LogP contribution in [-0.4, -0.2) is 54.0 Å². The molecule has 0 bridgehead atoms. The average Bonchev–Trinajstić information content (AvgIpc) is 3.12. The fraction of sp³-hybridized carbons (Fsp3) is 0.391. The number of carbonyl (C=O) groups is 2. The molecule has 0 saturated carbocycles. The monoisotopic (exact) mass is 456 g/mol. The lowest BCUT2D eigenvalue weighted by Gasteiger charge is -2.21. The maximum atomic E-state index is 12.9. The van der Waals surface area contributed by atoms with Crippen LogP contribution in [0.15, 0.2) is 24.3 Å². The Balaban J connectivity index is 1.75. The lowest BCUT2D eigenvalue weighted by molar-refractivity contribution is 0.0754. The van der Waals surface area contributed by atoms with Crippen molar-refractivity contribution >= 4 is 33.4 Å². The predicted molar refractivity (Wildman–Crippen MR) is 124 cm³/mol. The second-order valence-electron chi connectivity index (χ2n) is 7.71. The lowest BCUT2D eigenvalue weighted by atomic mass is 10.1. The van der Waals surface area contributed by atoms with Crippen LogP contribution in [0, 0.1) is 6.92 Å². The first-order valence-corrected chi connectivity index (χ1v) is 11.1. The zero-order chi connectivity index (χ0) is 23.4. The van der Waals surface area contributed by atoms with Crippen LogP contribution in [0.4, 0.5) is 0 Å². The van der Waals surface area contributed by atoms with Gasteiger partial charge in [-0.2, -0.15) is 4.98 Å². The van der Waals surface area contributed by atoms with E-state index < -0.39 is 0 Å². The Bertz CT molecular complexity index is 1130. The molecule has 0 aliphatic heterocycles. The highest BCUT2D eigenvalue weighted by molar-refractivity contribution is 7.20. The molecule has 0 fully saturated rings. The molecule has 0 spiro atoms. The summed E-state index contributed by atoms with van der Waals surface area (Å²) in [7, 11) is 4.90. The third-order valence-corrected chi connectivity index (χ3v) is 6.41. The molecule has 2 aromatic heterocycles. The van der Waals surface area contributed by atoms with Crippen LogP contribution in [0.25, 0.3) is 10.2 Å². The van der Waals surface area contributed by atoms with E-state index in [2.05, 4.69) is 15.3 Å². The highest BCUT2D eigenvalue weighted by atomic mass is 32.1. The van der Waals surface area contributed by atoms with Crippen molar-refractivity contribution in [3.05, 3.63) is 51.7 Å². The zero-order valence-corrected chi connectivity index (χ0v) is 20.0. The van der Waals surface area contributed by atoms with Crippen LogP contribution in [0.3, 0.4) is 0 Å². The maximum Gasteiger partial charge on any atom is 0.261 e. The highest BCUT2D eigenvalue weighted by Crippen LogP contribution is 2.35. The average molecular weight is 457 g/mol. The van der Waals surface area contributed by atoms with E-state index in [9.17, 15) is 9.59 Å². The number of fused-ring (bicyclic) bond motifs is 1. The van der Waals surface area contributed by atoms with E-state index in [4.69, 9.17) is 9.47 Å². The van der Waals surface area contributed by atoms with Crippen LogP contribution in [-0.2, 0) is 17.9 Å². The standard InChI is InChI=1S/C23H28N4O4S/c1-13(2)27(4)23(29)16-9-7-15(8-10-16)11-24-20(28)19-14(3)18-21(31-6)25-17(12-30-5)26-22(18)32-19/h7-10,13H,11-12H2,1-6H3,(H,24,28). The third kappa shape index (κ3) is 4.89. The number of nitrogens with zero attached hydrogens (tertiary/aromatic N) is 3. The number of amides is 2. The van der Waals surface area contributed by atoms with Crippen LogP contribution in [0.5, 0.6) is 5.88 Å². The van der Waals surface area contributed by atoms with E-state index in [0.717, 1.165) is 16.5 Å². The molecule has 3 aromatic rings. The topological polar surface area (TPSA) is 93.7 Å². The summed E-state index contributed by atoms with van der Waals surface area (Å²) in [5.41, 5.74) is 2.30. The van der Waals surface area contributed by atoms with Gasteiger partial charge in [0.05, 0.1) is 17.4 Å². The molecule has 9 heteroatoms. The van der Waals surface area contributed by atoms with Crippen molar-refractivity contribution in [2.45, 2.75) is 40.0 Å². The quantitative estimate of drug-likeness (QED) is 0.557. The number of benzene rings is 1. The molecular formula is C23H28N4O4S. The molecule has 2 amide bonds. The van der Waals surface area contributed by atoms with E-state index in [0.29, 0.717) is 33.5 Å². The number of ether oxygens (including phenoxy) is 2. The van der Waals surface area contributed by atoms with E-state index in [1.807, 2.05) is 32.9 Å². The van der Waals surface area contributed by atoms with Gasteiger partial charge >= 0.3 is 0 Å². The van der Waals surface area contributed by atoms with E-state index >= 15 is 0 Å². The Hall–Kier alpha value is -3.04. The van der Waals surface area contributed by atoms with Crippen LogP contribution < -0.4 is 10.1 Å². The Morgan fingerprint density at radius 1 is 1.16 bits per heavy atom. The van der Waals surface area contributed by atoms with Gasteiger partial charge in [-0.25, -0.2) is 4.98 Å². The molecule has 0 aliphatic rings. The van der Waals surface area contributed by atoms with Gasteiger partial charge in [0, 0.05) is 32.3 Å². The number of aromatic nitrogens is 2. The van der Waals surface area contributed by atoms with Gasteiger partial charge in [0.1, 0.15) is 11.4 Å². The first kappa shape index (κ1) is 23.6. The molecular weight excluding hydrogens is 428 g/mol. The van der Waals surface area contributed by atoms with Gasteiger partial charge in [-0.15, -0.1) is 11.3 Å². The van der Waals surface area contributed by atoms with Crippen molar-refractivity contribution < 1.29 is 19.1 Å². The fourth-order valence-corrected chi connectivity index (χ4v) is 4.27. The molecule has 32 heavy (non-hydrogen) atoms. The minimum absolute atomic E-state index is 0.0283. The van der Waals surface area contributed by atoms with Crippen LogP contribution >= 0.6 is 11.3 Å². The van der Waals surface area contributed by atoms with Gasteiger partial charge in [-0.1, -0.05) is 12.1 Å². The Morgan fingerprint density at radius 3 is 2.44 bits per heavy atom. The van der Waals surface area contributed by atoms with Gasteiger partial charge in [0.25, 0.3) is 11.8 Å². The molecule has 1 N–H and O–H groups in total. The first-order valence-electron chi connectivity index (χ1n) is 10.2. The highest BCUT2D eigenvalue weighted by Gasteiger charge is 2.21. The molecule has 0 saturated heterocycles. The molecule has 0 atom stereocenters. The summed E-state index contributed by atoms with van der Waals surface area (Å²) in [5, 5.41) is 3.68. The minimum Gasteiger partial charge on any atom is -0.480 e. The Labute approximate surface area is 191 Å². The van der Waals surface area contributed by atoms with Gasteiger partial charge in [-0.05, 0) is 44.0 Å². The molecule has 1 aromatic carbocycles. The van der Waals surface area contributed by atoms with E-state index in [1.165, 1.54) is 11.3 Å². The van der Waals surface area contributed by atoms with E-state index in [-0.39, 0.29) is 24.5 Å². The van der Waals surface area contributed by atoms with Gasteiger partial charge in [-0.3, -0.25) is 9.59 Å². The van der Waals surface area contributed by atoms with Crippen molar-refractivity contribution in [3.63, 3.8) is 0 Å². The number of aryl methyl sites for hydroxylation is 1. The summed E-state index contributed by atoms with van der Waals surface area (Å²) < 4.78 is 10.5. The van der Waals surface area contributed by atoms with Crippen molar-refractivity contribution in [2.24, 2.45) is 0 Å². The fourth-order valence-electron chi connectivity index (χ4n) is 3.17. The molecule has 0 unspecified atom stereocenters. The molecule has 170 valence electrons. The summed E-state index contributed by atoms with van der Waals surface area (Å²) in [6.07, 6.45) is 0. The summed E-state index contributed by atoms with van der Waals surface area (Å²) in [4.78, 5) is 37.1. The third-order valence-electron chi connectivity index (χ3n) is 5.23. The number of carbonyl (C=O) groups excluding carboxylic acids is 2. The second kappa shape index (κ2) is 10.1. The lowest BCUT2D eigenvalue weighted by Crippen LogP contribution is -2.32. The molecule has 3 rings (SSSR count). The SMILES string of the molecule is COCc1nc(OC)c2c(C)c(C(=O)NCc3ccc(C(=O)N(C)C(C)C)cc3)sc2n1. The first-order chi connectivity index (χ1) is 15.3. The Kier molecular flexibility index (Phi) is 7.42. The van der Waals surface area contributed by atoms with Crippen LogP contribution in [0.1, 0.15) is 50.8 Å². The predicted octanol–water partition coefficient (Wildman–Crippen LogP) is 3.57. The summed E-state index contributed by atoms with van der Waals surface area (Å²) in [5.74, 6) is 0.712. The summed E-state index contributed by atoms with van der Waals surface area (Å²) in [6, 6.07) is 7.40. The van der Waals surface area contributed by atoms with E-state index in [1.54, 1.807) is 38.3 Å². The summed E-state index contributed by atoms with van der Waals surface area (Å²) in [6.45, 7) is 6.41. The zero-order valence-electron chi connectivity index (χ0n) is 19.2. The Morgan fingerprint density at radius 2 is 1.84 bits per heavy atom. The van der Waals surface area contributed by atoms with Crippen molar-refractivity contribution in [2.75, 3.05) is 21.3 Å². The number of nitrogens with one attached hydrogen (secondary N) is 1. The smallest absolute Gasteiger partial charge is 0.261 e. The van der Waals surface area contributed by atoms with Gasteiger partial charge in [0.2, 0.25) is 5.88 Å². The molecule has 8 nitrogen and oxygen atoms in total. The number of thiophene rings is 1. The van der Waals surface area contributed by atoms with Crippen LogP contribution in [0.2, 0.25) is 0 Å². The molecule has 2 heterocycles. The van der Waals surface area contributed by atoms with Crippen molar-refractivity contribution in [3.8, 4) is 5.88 Å². The van der Waals surface area contributed by atoms with Gasteiger partial charge < -0.3 is 19.7 Å². The minimum atomic E-state index is -0.194.